The first-order valence-electron chi connectivity index (χ1n) is 7.43. The van der Waals surface area contributed by atoms with Crippen LogP contribution in [0.5, 0.6) is 0 Å². The SMILES string of the molecule is COC(=O)c1cnn(-c2ccc(C(=O)NCc3cccs3)cc2)c1N. The Kier molecular flexibility index (Phi) is 4.80. The number of hydrogen-bond donors (Lipinski definition) is 2. The van der Waals surface area contributed by atoms with Gasteiger partial charge in [-0.2, -0.15) is 5.10 Å². The zero-order valence-corrected chi connectivity index (χ0v) is 14.2. The number of benzene rings is 1. The summed E-state index contributed by atoms with van der Waals surface area (Å²) in [6.45, 7) is 0.493. The van der Waals surface area contributed by atoms with Crippen molar-refractivity contribution in [2.75, 3.05) is 12.8 Å². The molecule has 2 aromatic heterocycles. The summed E-state index contributed by atoms with van der Waals surface area (Å²) in [5, 5.41) is 8.92. The van der Waals surface area contributed by atoms with E-state index in [0.29, 0.717) is 17.8 Å². The molecule has 0 saturated carbocycles. The number of nitrogens with two attached hydrogens (primary N) is 1. The number of nitrogens with one attached hydrogen (secondary N) is 1. The molecule has 1 amide bonds. The maximum atomic E-state index is 12.2. The van der Waals surface area contributed by atoms with Crippen molar-refractivity contribution in [2.45, 2.75) is 6.54 Å². The van der Waals surface area contributed by atoms with Gasteiger partial charge >= 0.3 is 5.97 Å². The molecule has 7 nitrogen and oxygen atoms in total. The standard InChI is InChI=1S/C17H16N4O3S/c1-24-17(23)14-10-20-21(15(14)18)12-6-4-11(5-7-12)16(22)19-9-13-3-2-8-25-13/h2-8,10H,9,18H2,1H3,(H,19,22). The first-order chi connectivity index (χ1) is 12.1. The van der Waals surface area contributed by atoms with Crippen molar-refractivity contribution in [2.24, 2.45) is 0 Å². The lowest BCUT2D eigenvalue weighted by Gasteiger charge is -2.07. The van der Waals surface area contributed by atoms with E-state index in [2.05, 4.69) is 15.2 Å². The highest BCUT2D eigenvalue weighted by Gasteiger charge is 2.16. The fourth-order valence-electron chi connectivity index (χ4n) is 2.27. The monoisotopic (exact) mass is 356 g/mol. The second-order valence-corrected chi connectivity index (χ2v) is 6.19. The summed E-state index contributed by atoms with van der Waals surface area (Å²) in [4.78, 5) is 24.8. The molecular weight excluding hydrogens is 340 g/mol. The summed E-state index contributed by atoms with van der Waals surface area (Å²) in [5.74, 6) is -0.529. The molecule has 3 rings (SSSR count). The van der Waals surface area contributed by atoms with Gasteiger partial charge in [-0.05, 0) is 35.7 Å². The Balaban J connectivity index is 1.73. The van der Waals surface area contributed by atoms with Gasteiger partial charge in [0.1, 0.15) is 11.4 Å². The molecule has 0 aliphatic rings. The number of amides is 1. The molecule has 0 unspecified atom stereocenters. The van der Waals surface area contributed by atoms with E-state index in [-0.39, 0.29) is 17.3 Å². The molecule has 0 aliphatic carbocycles. The Bertz CT molecular complexity index is 885. The Morgan fingerprint density at radius 2 is 2.04 bits per heavy atom. The molecular formula is C17H16N4O3S. The van der Waals surface area contributed by atoms with Crippen LogP contribution in [-0.4, -0.2) is 28.8 Å². The van der Waals surface area contributed by atoms with Crippen LogP contribution in [0.2, 0.25) is 0 Å². The molecule has 25 heavy (non-hydrogen) atoms. The average molecular weight is 356 g/mol. The number of methoxy groups -OCH3 is 1. The van der Waals surface area contributed by atoms with E-state index in [9.17, 15) is 9.59 Å². The minimum Gasteiger partial charge on any atom is -0.465 e. The lowest BCUT2D eigenvalue weighted by molar-refractivity contribution is 0.0602. The van der Waals surface area contributed by atoms with Crippen LogP contribution in [0.25, 0.3) is 5.69 Å². The molecule has 0 aliphatic heterocycles. The third-order valence-electron chi connectivity index (χ3n) is 3.59. The fourth-order valence-corrected chi connectivity index (χ4v) is 2.91. The number of nitrogens with zero attached hydrogens (tertiary/aromatic N) is 2. The van der Waals surface area contributed by atoms with Crippen LogP contribution in [0.1, 0.15) is 25.6 Å². The molecule has 2 heterocycles. The number of rotatable bonds is 5. The molecule has 3 aromatic rings. The van der Waals surface area contributed by atoms with E-state index in [4.69, 9.17) is 5.73 Å². The minimum absolute atomic E-state index is 0.163. The van der Waals surface area contributed by atoms with Crippen molar-refractivity contribution in [1.82, 2.24) is 15.1 Å². The number of hydrogen-bond acceptors (Lipinski definition) is 6. The van der Waals surface area contributed by atoms with Crippen LogP contribution < -0.4 is 11.1 Å². The number of anilines is 1. The van der Waals surface area contributed by atoms with Crippen molar-refractivity contribution in [3.63, 3.8) is 0 Å². The van der Waals surface area contributed by atoms with Gasteiger partial charge in [-0.25, -0.2) is 9.48 Å². The number of nitrogen functional groups attached to an aromatic ring is 1. The van der Waals surface area contributed by atoms with Crippen molar-refractivity contribution < 1.29 is 14.3 Å². The topological polar surface area (TPSA) is 99.2 Å². The zero-order valence-electron chi connectivity index (χ0n) is 13.4. The molecule has 1 aromatic carbocycles. The molecule has 8 heteroatoms. The number of carbonyl (C=O) groups excluding carboxylic acids is 2. The van der Waals surface area contributed by atoms with Crippen molar-refractivity contribution >= 4 is 29.0 Å². The molecule has 128 valence electrons. The molecule has 0 saturated heterocycles. The van der Waals surface area contributed by atoms with E-state index in [1.54, 1.807) is 35.6 Å². The molecule has 3 N–H and O–H groups in total. The molecule has 0 spiro atoms. The van der Waals surface area contributed by atoms with E-state index in [0.717, 1.165) is 4.88 Å². The average Bonchev–Trinajstić information content (AvgIpc) is 3.29. The molecule has 0 atom stereocenters. The van der Waals surface area contributed by atoms with E-state index in [1.807, 2.05) is 17.5 Å². The minimum atomic E-state index is -0.548. The molecule has 0 bridgehead atoms. The van der Waals surface area contributed by atoms with Gasteiger partial charge in [-0.1, -0.05) is 6.07 Å². The summed E-state index contributed by atoms with van der Waals surface area (Å²) < 4.78 is 6.07. The largest absolute Gasteiger partial charge is 0.465 e. The van der Waals surface area contributed by atoms with Gasteiger partial charge in [0, 0.05) is 10.4 Å². The number of ether oxygens (including phenoxy) is 1. The maximum absolute atomic E-state index is 12.2. The zero-order chi connectivity index (χ0) is 17.8. The summed E-state index contributed by atoms with van der Waals surface area (Å²) in [5.41, 5.74) is 7.30. The van der Waals surface area contributed by atoms with Gasteiger partial charge in [0.05, 0.1) is 25.5 Å². The quantitative estimate of drug-likeness (QED) is 0.683. The van der Waals surface area contributed by atoms with Crippen LogP contribution in [0, 0.1) is 0 Å². The second-order valence-electron chi connectivity index (χ2n) is 5.16. The summed E-state index contributed by atoms with van der Waals surface area (Å²) in [6.07, 6.45) is 1.35. The summed E-state index contributed by atoms with van der Waals surface area (Å²) >= 11 is 1.59. The smallest absolute Gasteiger partial charge is 0.343 e. The highest BCUT2D eigenvalue weighted by molar-refractivity contribution is 7.09. The van der Waals surface area contributed by atoms with Gasteiger partial charge in [0.2, 0.25) is 0 Å². The second kappa shape index (κ2) is 7.18. The van der Waals surface area contributed by atoms with Gasteiger partial charge in [0.15, 0.2) is 0 Å². The van der Waals surface area contributed by atoms with Crippen molar-refractivity contribution in [3.8, 4) is 5.69 Å². The predicted molar refractivity (Wildman–Crippen MR) is 94.8 cm³/mol. The number of thiophene rings is 1. The normalized spacial score (nSPS) is 10.4. The summed E-state index contributed by atoms with van der Waals surface area (Å²) in [6, 6.07) is 10.7. The van der Waals surface area contributed by atoms with Crippen LogP contribution in [-0.2, 0) is 11.3 Å². The first kappa shape index (κ1) is 16.7. The summed E-state index contributed by atoms with van der Waals surface area (Å²) in [7, 11) is 1.28. The number of aromatic nitrogens is 2. The van der Waals surface area contributed by atoms with Gasteiger partial charge < -0.3 is 15.8 Å². The van der Waals surface area contributed by atoms with Crippen LogP contribution in [0.15, 0.2) is 48.0 Å². The first-order valence-corrected chi connectivity index (χ1v) is 8.31. The lowest BCUT2D eigenvalue weighted by atomic mass is 10.2. The third-order valence-corrected chi connectivity index (χ3v) is 4.47. The number of carbonyl (C=O) groups is 2. The van der Waals surface area contributed by atoms with E-state index in [1.165, 1.54) is 18.0 Å². The molecule has 0 radical (unpaired) electrons. The van der Waals surface area contributed by atoms with E-state index < -0.39 is 5.97 Å². The van der Waals surface area contributed by atoms with Crippen LogP contribution in [0.3, 0.4) is 0 Å². The lowest BCUT2D eigenvalue weighted by Crippen LogP contribution is -2.22. The van der Waals surface area contributed by atoms with Crippen LogP contribution >= 0.6 is 11.3 Å². The Morgan fingerprint density at radius 1 is 1.28 bits per heavy atom. The fraction of sp³-hybridized carbons (Fsp3) is 0.118. The highest BCUT2D eigenvalue weighted by Crippen LogP contribution is 2.18. The van der Waals surface area contributed by atoms with Crippen molar-refractivity contribution in [3.05, 3.63) is 64.0 Å². The maximum Gasteiger partial charge on any atom is 0.343 e. The number of esters is 1. The van der Waals surface area contributed by atoms with Gasteiger partial charge in [0.25, 0.3) is 5.91 Å². The van der Waals surface area contributed by atoms with Crippen molar-refractivity contribution in [1.29, 1.82) is 0 Å². The Morgan fingerprint density at radius 3 is 2.68 bits per heavy atom. The highest BCUT2D eigenvalue weighted by atomic mass is 32.1. The predicted octanol–water partition coefficient (Wildman–Crippen LogP) is 2.23. The van der Waals surface area contributed by atoms with E-state index >= 15 is 0 Å². The van der Waals surface area contributed by atoms with Gasteiger partial charge in [-0.15, -0.1) is 11.3 Å². The van der Waals surface area contributed by atoms with Crippen LogP contribution in [0.4, 0.5) is 5.82 Å². The Labute approximate surface area is 148 Å². The third kappa shape index (κ3) is 3.53. The molecule has 0 fully saturated rings. The Hall–Kier alpha value is -3.13. The van der Waals surface area contributed by atoms with Gasteiger partial charge in [-0.3, -0.25) is 4.79 Å².